The number of hydrogen-bond acceptors (Lipinski definition) is 2. The molecule has 0 aliphatic rings. The zero-order valence-electron chi connectivity index (χ0n) is 6.30. The molecule has 0 amide bonds. The smallest absolute Gasteiger partial charge is 0.156 e. The van der Waals surface area contributed by atoms with Crippen LogP contribution in [0.1, 0.15) is 13.8 Å². The molecule has 0 saturated heterocycles. The van der Waals surface area contributed by atoms with E-state index in [-0.39, 0.29) is 0 Å². The lowest BCUT2D eigenvalue weighted by Crippen LogP contribution is -2.08. The maximum Gasteiger partial charge on any atom is 0.156 e. The number of rotatable bonds is 5. The summed E-state index contributed by atoms with van der Waals surface area (Å²) in [6, 6.07) is 0. The molecule has 0 bridgehead atoms. The fraction of sp³-hybridized carbons (Fsp3) is 1.00. The average Bonchev–Trinajstić information content (AvgIpc) is 1.85. The van der Waals surface area contributed by atoms with Crippen molar-refractivity contribution in [3.8, 4) is 0 Å². The first kappa shape index (κ1) is 10.4. The number of hydrogen-bond donors (Lipinski definition) is 0. The Hall–Kier alpha value is 0.400. The molecule has 1 atom stereocenters. The first-order chi connectivity index (χ1) is 4.66. The molecule has 0 radical (unpaired) electrons. The minimum absolute atomic E-state index is 0.394. The van der Waals surface area contributed by atoms with Gasteiger partial charge in [-0.2, -0.15) is 0 Å². The van der Waals surface area contributed by atoms with Crippen LogP contribution in [-0.4, -0.2) is 22.4 Å². The first-order valence-corrected chi connectivity index (χ1v) is 5.02. The van der Waals surface area contributed by atoms with E-state index in [1.165, 1.54) is 0 Å². The zero-order chi connectivity index (χ0) is 7.98. The van der Waals surface area contributed by atoms with E-state index in [0.717, 1.165) is 0 Å². The highest BCUT2D eigenvalue weighted by atomic mass is 35.5. The van der Waals surface area contributed by atoms with Crippen molar-refractivity contribution in [3.05, 3.63) is 0 Å². The van der Waals surface area contributed by atoms with Crippen LogP contribution in [0.2, 0.25) is 0 Å². The van der Waals surface area contributed by atoms with Gasteiger partial charge in [-0.25, -0.2) is 4.21 Å². The molecule has 1 unspecified atom stereocenters. The van der Waals surface area contributed by atoms with Gasteiger partial charge in [0.1, 0.15) is 0 Å². The maximum absolute atomic E-state index is 10.8. The molecule has 0 aliphatic carbocycles. The molecule has 0 saturated carbocycles. The normalized spacial score (nSPS) is 14.0. The van der Waals surface area contributed by atoms with Crippen molar-refractivity contribution < 1.29 is 8.39 Å². The van der Waals surface area contributed by atoms with E-state index in [0.29, 0.717) is 24.2 Å². The highest BCUT2D eigenvalue weighted by Crippen LogP contribution is 1.95. The molecule has 0 aromatic carbocycles. The minimum atomic E-state index is -1.17. The monoisotopic (exact) mass is 184 g/mol. The fourth-order valence-corrected chi connectivity index (χ4v) is 1.38. The van der Waals surface area contributed by atoms with Crippen molar-refractivity contribution in [2.45, 2.75) is 13.8 Å². The van der Waals surface area contributed by atoms with Gasteiger partial charge in [0.25, 0.3) is 0 Å². The summed E-state index contributed by atoms with van der Waals surface area (Å²) < 4.78 is 15.7. The van der Waals surface area contributed by atoms with Gasteiger partial charge in [0.15, 0.2) is 11.1 Å². The third-order valence-corrected chi connectivity index (χ3v) is 2.13. The Bertz CT molecular complexity index is 106. The van der Waals surface area contributed by atoms with Crippen LogP contribution in [0.15, 0.2) is 0 Å². The Morgan fingerprint density at radius 1 is 1.60 bits per heavy atom. The highest BCUT2D eigenvalue weighted by molar-refractivity contribution is 7.80. The molecule has 10 heavy (non-hydrogen) atoms. The molecule has 2 nitrogen and oxygen atoms in total. The minimum Gasteiger partial charge on any atom is -0.290 e. The third-order valence-electron chi connectivity index (χ3n) is 0.777. The summed E-state index contributed by atoms with van der Waals surface area (Å²) in [4.78, 5) is 0. The lowest BCUT2D eigenvalue weighted by atomic mass is 10.2. The van der Waals surface area contributed by atoms with E-state index in [4.69, 9.17) is 15.8 Å². The summed E-state index contributed by atoms with van der Waals surface area (Å²) >= 11 is 4.17. The molecule has 0 aromatic heterocycles. The van der Waals surface area contributed by atoms with E-state index >= 15 is 0 Å². The van der Waals surface area contributed by atoms with Crippen molar-refractivity contribution in [1.29, 1.82) is 0 Å². The van der Waals surface area contributed by atoms with Gasteiger partial charge < -0.3 is 0 Å². The summed E-state index contributed by atoms with van der Waals surface area (Å²) in [5, 5.41) is 0. The molecule has 4 heteroatoms. The van der Waals surface area contributed by atoms with Crippen LogP contribution in [0.3, 0.4) is 0 Å². The SMILES string of the molecule is CC(C)COS(=O)CCCl. The molecular weight excluding hydrogens is 172 g/mol. The third kappa shape index (κ3) is 6.52. The largest absolute Gasteiger partial charge is 0.290 e. The Balaban J connectivity index is 3.22. The highest BCUT2D eigenvalue weighted by Gasteiger charge is 2.00. The molecule has 0 aromatic rings. The molecule has 0 heterocycles. The Labute approximate surface area is 69.6 Å². The van der Waals surface area contributed by atoms with Crippen molar-refractivity contribution >= 4 is 22.7 Å². The lowest BCUT2D eigenvalue weighted by molar-refractivity contribution is 0.297. The van der Waals surface area contributed by atoms with Crippen LogP contribution in [0.25, 0.3) is 0 Å². The van der Waals surface area contributed by atoms with Crippen LogP contribution in [0.5, 0.6) is 0 Å². The molecular formula is C6H13ClO2S. The van der Waals surface area contributed by atoms with E-state index in [1.807, 2.05) is 13.8 Å². The van der Waals surface area contributed by atoms with Crippen molar-refractivity contribution in [3.63, 3.8) is 0 Å². The van der Waals surface area contributed by atoms with Gasteiger partial charge in [-0.15, -0.1) is 11.6 Å². The van der Waals surface area contributed by atoms with E-state index in [1.54, 1.807) is 0 Å². The van der Waals surface area contributed by atoms with Crippen LogP contribution in [0, 0.1) is 5.92 Å². The standard InChI is InChI=1S/C6H13ClO2S/c1-6(2)5-9-10(8)4-3-7/h6H,3-5H2,1-2H3. The van der Waals surface area contributed by atoms with Gasteiger partial charge in [0, 0.05) is 5.88 Å². The average molecular weight is 185 g/mol. The van der Waals surface area contributed by atoms with Crippen LogP contribution < -0.4 is 0 Å². The van der Waals surface area contributed by atoms with Crippen molar-refractivity contribution in [1.82, 2.24) is 0 Å². The second-order valence-corrected chi connectivity index (χ2v) is 4.00. The van der Waals surface area contributed by atoms with Crippen LogP contribution in [0.4, 0.5) is 0 Å². The maximum atomic E-state index is 10.8. The molecule has 0 aliphatic heterocycles. The Morgan fingerprint density at radius 3 is 2.60 bits per heavy atom. The summed E-state index contributed by atoms with van der Waals surface area (Å²) in [7, 11) is 0. The Morgan fingerprint density at radius 2 is 2.20 bits per heavy atom. The van der Waals surface area contributed by atoms with Crippen molar-refractivity contribution in [2.24, 2.45) is 5.92 Å². The molecule has 0 N–H and O–H groups in total. The predicted octanol–water partition coefficient (Wildman–Crippen LogP) is 1.56. The summed E-state index contributed by atoms with van der Waals surface area (Å²) in [5.74, 6) is 1.25. The quantitative estimate of drug-likeness (QED) is 0.607. The molecule has 0 spiro atoms. The van der Waals surface area contributed by atoms with E-state index in [2.05, 4.69) is 0 Å². The van der Waals surface area contributed by atoms with Crippen LogP contribution in [-0.2, 0) is 15.3 Å². The summed E-state index contributed by atoms with van der Waals surface area (Å²) in [6.07, 6.45) is 0. The van der Waals surface area contributed by atoms with Gasteiger partial charge in [0.05, 0.1) is 12.4 Å². The second kappa shape index (κ2) is 6.13. The van der Waals surface area contributed by atoms with Gasteiger partial charge in [0.2, 0.25) is 0 Å². The Kier molecular flexibility index (Phi) is 6.38. The van der Waals surface area contributed by atoms with E-state index in [9.17, 15) is 4.21 Å². The molecule has 62 valence electrons. The predicted molar refractivity (Wildman–Crippen MR) is 44.5 cm³/mol. The van der Waals surface area contributed by atoms with Gasteiger partial charge >= 0.3 is 0 Å². The summed E-state index contributed by atoms with van der Waals surface area (Å²) in [5.41, 5.74) is 0. The second-order valence-electron chi connectivity index (χ2n) is 2.38. The van der Waals surface area contributed by atoms with Crippen LogP contribution >= 0.6 is 11.6 Å². The topological polar surface area (TPSA) is 26.3 Å². The fourth-order valence-electron chi connectivity index (χ4n) is 0.334. The number of halogens is 1. The molecule has 0 fully saturated rings. The summed E-state index contributed by atoms with van der Waals surface area (Å²) in [6.45, 7) is 4.57. The van der Waals surface area contributed by atoms with Crippen molar-refractivity contribution in [2.75, 3.05) is 18.2 Å². The zero-order valence-corrected chi connectivity index (χ0v) is 7.87. The first-order valence-electron chi connectivity index (χ1n) is 3.24. The van der Waals surface area contributed by atoms with Gasteiger partial charge in [-0.3, -0.25) is 4.18 Å². The number of alkyl halides is 1. The molecule has 0 rings (SSSR count). The van der Waals surface area contributed by atoms with Gasteiger partial charge in [-0.1, -0.05) is 13.8 Å². The van der Waals surface area contributed by atoms with E-state index < -0.39 is 11.1 Å². The lowest BCUT2D eigenvalue weighted by Gasteiger charge is -2.03. The van der Waals surface area contributed by atoms with Gasteiger partial charge in [-0.05, 0) is 5.92 Å².